The number of thiazole rings is 1. The van der Waals surface area contributed by atoms with E-state index in [2.05, 4.69) is 23.7 Å². The number of ether oxygens (including phenoxy) is 1. The molecule has 0 aliphatic carbocycles. The Morgan fingerprint density at radius 2 is 2.50 bits per heavy atom. The van der Waals surface area contributed by atoms with Crippen molar-refractivity contribution in [2.45, 2.75) is 38.3 Å². The second-order valence-corrected chi connectivity index (χ2v) is 5.22. The molecular formula is C11H17ClN2OS. The van der Waals surface area contributed by atoms with Crippen molar-refractivity contribution in [3.8, 4) is 0 Å². The summed E-state index contributed by atoms with van der Waals surface area (Å²) in [6, 6.07) is 0.450. The van der Waals surface area contributed by atoms with Gasteiger partial charge < -0.3 is 9.64 Å². The molecule has 16 heavy (non-hydrogen) atoms. The lowest BCUT2D eigenvalue weighted by molar-refractivity contribution is 0.0299. The smallest absolute Gasteiger partial charge is 0.185 e. The zero-order valence-electron chi connectivity index (χ0n) is 9.65. The van der Waals surface area contributed by atoms with Crippen LogP contribution in [0.25, 0.3) is 0 Å². The van der Waals surface area contributed by atoms with Gasteiger partial charge in [-0.2, -0.15) is 0 Å². The standard InChI is InChI=1S/C11H17ClN2OS/c1-3-10-6-15-8(2)5-14(10)11-13-9(4-12)7-16-11/h7-8,10H,3-6H2,1-2H3. The van der Waals surface area contributed by atoms with E-state index in [9.17, 15) is 0 Å². The normalized spacial score (nSPS) is 26.1. The van der Waals surface area contributed by atoms with Gasteiger partial charge in [0.2, 0.25) is 0 Å². The summed E-state index contributed by atoms with van der Waals surface area (Å²) in [6.07, 6.45) is 1.37. The number of rotatable bonds is 3. The van der Waals surface area contributed by atoms with E-state index in [1.807, 2.05) is 5.38 Å². The molecule has 1 aromatic rings. The third-order valence-electron chi connectivity index (χ3n) is 2.86. The van der Waals surface area contributed by atoms with Crippen molar-refractivity contribution >= 4 is 28.1 Å². The van der Waals surface area contributed by atoms with Crippen LogP contribution >= 0.6 is 22.9 Å². The summed E-state index contributed by atoms with van der Waals surface area (Å²) < 4.78 is 5.68. The number of hydrogen-bond acceptors (Lipinski definition) is 4. The Labute approximate surface area is 105 Å². The molecular weight excluding hydrogens is 244 g/mol. The van der Waals surface area contributed by atoms with Crippen LogP contribution in [0.4, 0.5) is 5.13 Å². The lowest BCUT2D eigenvalue weighted by atomic mass is 10.1. The molecule has 0 bridgehead atoms. The summed E-state index contributed by atoms with van der Waals surface area (Å²) >= 11 is 7.46. The Morgan fingerprint density at radius 1 is 1.69 bits per heavy atom. The van der Waals surface area contributed by atoms with Crippen molar-refractivity contribution in [3.63, 3.8) is 0 Å². The van der Waals surface area contributed by atoms with Crippen LogP contribution in [0.3, 0.4) is 0 Å². The lowest BCUT2D eigenvalue weighted by Gasteiger charge is -2.38. The summed E-state index contributed by atoms with van der Waals surface area (Å²) in [5, 5.41) is 3.12. The van der Waals surface area contributed by atoms with E-state index in [1.165, 1.54) is 0 Å². The molecule has 2 unspecified atom stereocenters. The molecule has 2 atom stereocenters. The minimum atomic E-state index is 0.283. The maximum atomic E-state index is 5.78. The summed E-state index contributed by atoms with van der Waals surface area (Å²) in [5.41, 5.74) is 0.968. The minimum Gasteiger partial charge on any atom is -0.375 e. The van der Waals surface area contributed by atoms with Crippen LogP contribution in [-0.2, 0) is 10.6 Å². The first kappa shape index (κ1) is 12.1. The van der Waals surface area contributed by atoms with Gasteiger partial charge >= 0.3 is 0 Å². The van der Waals surface area contributed by atoms with Gasteiger partial charge in [0.05, 0.1) is 30.3 Å². The van der Waals surface area contributed by atoms with Crippen molar-refractivity contribution in [1.82, 2.24) is 4.98 Å². The Bertz CT molecular complexity index is 344. The molecule has 3 nitrogen and oxygen atoms in total. The molecule has 5 heteroatoms. The third kappa shape index (κ3) is 2.50. The number of aromatic nitrogens is 1. The van der Waals surface area contributed by atoms with Crippen LogP contribution in [0.1, 0.15) is 26.0 Å². The number of nitrogens with zero attached hydrogens (tertiary/aromatic N) is 2. The van der Waals surface area contributed by atoms with Crippen molar-refractivity contribution in [2.24, 2.45) is 0 Å². The first-order chi connectivity index (χ1) is 7.74. The Morgan fingerprint density at radius 3 is 3.12 bits per heavy atom. The van der Waals surface area contributed by atoms with Crippen molar-refractivity contribution in [1.29, 1.82) is 0 Å². The van der Waals surface area contributed by atoms with Gasteiger partial charge in [0.15, 0.2) is 5.13 Å². The van der Waals surface area contributed by atoms with Crippen LogP contribution in [0.2, 0.25) is 0 Å². The van der Waals surface area contributed by atoms with Gasteiger partial charge in [0.25, 0.3) is 0 Å². The fourth-order valence-electron chi connectivity index (χ4n) is 1.91. The van der Waals surface area contributed by atoms with Crippen LogP contribution < -0.4 is 4.90 Å². The van der Waals surface area contributed by atoms with Gasteiger partial charge in [-0.25, -0.2) is 4.98 Å². The number of anilines is 1. The molecule has 0 radical (unpaired) electrons. The minimum absolute atomic E-state index is 0.283. The molecule has 1 fully saturated rings. The highest BCUT2D eigenvalue weighted by atomic mass is 35.5. The summed E-state index contributed by atoms with van der Waals surface area (Å²) in [7, 11) is 0. The molecule has 1 aliphatic heterocycles. The van der Waals surface area contributed by atoms with Crippen LogP contribution in [0, 0.1) is 0 Å². The second-order valence-electron chi connectivity index (χ2n) is 4.11. The lowest BCUT2D eigenvalue weighted by Crippen LogP contribution is -2.48. The molecule has 0 N–H and O–H groups in total. The third-order valence-corrected chi connectivity index (χ3v) is 4.06. The monoisotopic (exact) mass is 260 g/mol. The average molecular weight is 261 g/mol. The zero-order valence-corrected chi connectivity index (χ0v) is 11.2. The Kier molecular flexibility index (Phi) is 4.05. The number of halogens is 1. The van der Waals surface area contributed by atoms with Gasteiger partial charge in [-0.3, -0.25) is 0 Å². The SMILES string of the molecule is CCC1COC(C)CN1c1nc(CCl)cs1. The van der Waals surface area contributed by atoms with Crippen molar-refractivity contribution < 1.29 is 4.74 Å². The van der Waals surface area contributed by atoms with E-state index >= 15 is 0 Å². The summed E-state index contributed by atoms with van der Waals surface area (Å²) in [5.74, 6) is 0.493. The molecule has 0 spiro atoms. The average Bonchev–Trinajstić information content (AvgIpc) is 2.77. The molecule has 2 heterocycles. The number of alkyl halides is 1. The van der Waals surface area contributed by atoms with E-state index in [0.717, 1.165) is 30.4 Å². The summed E-state index contributed by atoms with van der Waals surface area (Å²) in [6.45, 7) is 6.02. The van der Waals surface area contributed by atoms with Crippen LogP contribution in [-0.4, -0.2) is 30.3 Å². The van der Waals surface area contributed by atoms with Gasteiger partial charge in [-0.1, -0.05) is 6.92 Å². The van der Waals surface area contributed by atoms with E-state index in [4.69, 9.17) is 16.3 Å². The van der Waals surface area contributed by atoms with Gasteiger partial charge in [-0.05, 0) is 13.3 Å². The first-order valence-corrected chi connectivity index (χ1v) is 7.04. The predicted molar refractivity (Wildman–Crippen MR) is 68.5 cm³/mol. The first-order valence-electron chi connectivity index (χ1n) is 5.63. The highest BCUT2D eigenvalue weighted by Gasteiger charge is 2.27. The fraction of sp³-hybridized carbons (Fsp3) is 0.727. The van der Waals surface area contributed by atoms with Crippen molar-refractivity contribution in [2.75, 3.05) is 18.1 Å². The quantitative estimate of drug-likeness (QED) is 0.782. The molecule has 1 aromatic heterocycles. The van der Waals surface area contributed by atoms with Gasteiger partial charge in [-0.15, -0.1) is 22.9 Å². The molecule has 0 amide bonds. The largest absolute Gasteiger partial charge is 0.375 e. The molecule has 1 aliphatic rings. The molecule has 0 saturated carbocycles. The molecule has 90 valence electrons. The summed E-state index contributed by atoms with van der Waals surface area (Å²) in [4.78, 5) is 6.90. The molecule has 2 rings (SSSR count). The highest BCUT2D eigenvalue weighted by Crippen LogP contribution is 2.27. The fourth-order valence-corrected chi connectivity index (χ4v) is 3.04. The van der Waals surface area contributed by atoms with E-state index in [1.54, 1.807) is 11.3 Å². The van der Waals surface area contributed by atoms with Gasteiger partial charge in [0, 0.05) is 11.9 Å². The highest BCUT2D eigenvalue weighted by molar-refractivity contribution is 7.13. The van der Waals surface area contributed by atoms with E-state index in [-0.39, 0.29) is 6.10 Å². The predicted octanol–water partition coefficient (Wildman–Crippen LogP) is 2.89. The number of hydrogen-bond donors (Lipinski definition) is 0. The second kappa shape index (κ2) is 5.34. The maximum Gasteiger partial charge on any atom is 0.185 e. The van der Waals surface area contributed by atoms with Crippen molar-refractivity contribution in [3.05, 3.63) is 11.1 Å². The van der Waals surface area contributed by atoms with E-state index in [0.29, 0.717) is 11.9 Å². The van der Waals surface area contributed by atoms with Crippen LogP contribution in [0.15, 0.2) is 5.38 Å². The topological polar surface area (TPSA) is 25.4 Å². The molecule has 0 aromatic carbocycles. The Balaban J connectivity index is 2.15. The Hall–Kier alpha value is -0.320. The van der Waals surface area contributed by atoms with Crippen LogP contribution in [0.5, 0.6) is 0 Å². The maximum absolute atomic E-state index is 5.78. The van der Waals surface area contributed by atoms with E-state index < -0.39 is 0 Å². The zero-order chi connectivity index (χ0) is 11.5. The number of morpholine rings is 1. The van der Waals surface area contributed by atoms with Gasteiger partial charge in [0.1, 0.15) is 0 Å². The molecule has 1 saturated heterocycles.